The Morgan fingerprint density at radius 3 is 2.55 bits per heavy atom. The van der Waals surface area contributed by atoms with Crippen molar-refractivity contribution < 1.29 is 9.59 Å². The maximum Gasteiger partial charge on any atom is 0.321 e. The zero-order valence-electron chi connectivity index (χ0n) is 11.7. The normalized spacial score (nSPS) is 14.8. The van der Waals surface area contributed by atoms with Crippen LogP contribution in [0.4, 0.5) is 16.2 Å². The second-order valence-electron chi connectivity index (χ2n) is 4.74. The van der Waals surface area contributed by atoms with E-state index in [-0.39, 0.29) is 11.9 Å². The van der Waals surface area contributed by atoms with E-state index >= 15 is 0 Å². The lowest BCUT2D eigenvalue weighted by Crippen LogP contribution is -2.40. The van der Waals surface area contributed by atoms with Crippen molar-refractivity contribution in [1.29, 1.82) is 0 Å². The largest absolute Gasteiger partial charge is 0.326 e. The lowest BCUT2D eigenvalue weighted by molar-refractivity contribution is -0.114. The van der Waals surface area contributed by atoms with E-state index in [9.17, 15) is 9.59 Å². The van der Waals surface area contributed by atoms with E-state index in [2.05, 4.69) is 10.6 Å². The molecule has 5 nitrogen and oxygen atoms in total. The molecule has 1 saturated heterocycles. The summed E-state index contributed by atoms with van der Waals surface area (Å²) in [5.74, 6) is 1.84. The van der Waals surface area contributed by atoms with E-state index in [1.165, 1.54) is 6.92 Å². The fourth-order valence-corrected chi connectivity index (χ4v) is 2.90. The minimum Gasteiger partial charge on any atom is -0.326 e. The van der Waals surface area contributed by atoms with Gasteiger partial charge in [0.25, 0.3) is 0 Å². The molecule has 108 valence electrons. The number of thioether (sulfide) groups is 1. The molecule has 3 amide bonds. The van der Waals surface area contributed by atoms with Crippen LogP contribution >= 0.6 is 11.8 Å². The summed E-state index contributed by atoms with van der Waals surface area (Å²) in [5, 5.41) is 5.64. The Morgan fingerprint density at radius 2 is 1.90 bits per heavy atom. The standard InChI is InChI=1S/C14H19N3O2S/c1-10-3-4-12(15-11(2)18)9-13(10)16-14(19)17-5-7-20-8-6-17/h3-4,9H,5-8H2,1-2H3,(H,15,18)(H,16,19). The molecule has 20 heavy (non-hydrogen) atoms. The molecule has 0 unspecified atom stereocenters. The summed E-state index contributed by atoms with van der Waals surface area (Å²) in [6.07, 6.45) is 0. The van der Waals surface area contributed by atoms with Crippen LogP contribution in [0.5, 0.6) is 0 Å². The van der Waals surface area contributed by atoms with Crippen molar-refractivity contribution in [1.82, 2.24) is 4.90 Å². The van der Waals surface area contributed by atoms with Gasteiger partial charge >= 0.3 is 6.03 Å². The molecule has 1 aromatic rings. The van der Waals surface area contributed by atoms with E-state index < -0.39 is 0 Å². The topological polar surface area (TPSA) is 61.4 Å². The third-order valence-corrected chi connectivity index (χ3v) is 4.04. The number of carbonyl (C=O) groups excluding carboxylic acids is 2. The fourth-order valence-electron chi connectivity index (χ4n) is 2.00. The van der Waals surface area contributed by atoms with Crippen LogP contribution in [-0.2, 0) is 4.79 Å². The third kappa shape index (κ3) is 3.90. The van der Waals surface area contributed by atoms with Gasteiger partial charge in [0.1, 0.15) is 0 Å². The van der Waals surface area contributed by atoms with Crippen molar-refractivity contribution >= 4 is 35.1 Å². The number of rotatable bonds is 2. The smallest absolute Gasteiger partial charge is 0.321 e. The van der Waals surface area contributed by atoms with Gasteiger partial charge in [-0.05, 0) is 24.6 Å². The SMILES string of the molecule is CC(=O)Nc1ccc(C)c(NC(=O)N2CCSCC2)c1. The van der Waals surface area contributed by atoms with Crippen molar-refractivity contribution in [3.8, 4) is 0 Å². The highest BCUT2D eigenvalue weighted by Gasteiger charge is 2.17. The number of aryl methyl sites for hydroxylation is 1. The van der Waals surface area contributed by atoms with E-state index in [0.29, 0.717) is 5.69 Å². The molecular weight excluding hydrogens is 274 g/mol. The Hall–Kier alpha value is -1.69. The number of hydrogen-bond acceptors (Lipinski definition) is 3. The number of urea groups is 1. The summed E-state index contributed by atoms with van der Waals surface area (Å²) in [6.45, 7) is 4.95. The predicted molar refractivity (Wildman–Crippen MR) is 83.4 cm³/mol. The highest BCUT2D eigenvalue weighted by Crippen LogP contribution is 2.21. The molecule has 0 saturated carbocycles. The van der Waals surface area contributed by atoms with Gasteiger partial charge in [-0.3, -0.25) is 4.79 Å². The minimum atomic E-state index is -0.126. The number of nitrogens with zero attached hydrogens (tertiary/aromatic N) is 1. The molecule has 2 rings (SSSR count). The van der Waals surface area contributed by atoms with Crippen LogP contribution in [0.1, 0.15) is 12.5 Å². The van der Waals surface area contributed by atoms with E-state index in [1.807, 2.05) is 35.7 Å². The van der Waals surface area contributed by atoms with Crippen molar-refractivity contribution in [3.05, 3.63) is 23.8 Å². The summed E-state index contributed by atoms with van der Waals surface area (Å²) in [6, 6.07) is 5.41. The van der Waals surface area contributed by atoms with Crippen molar-refractivity contribution in [3.63, 3.8) is 0 Å². The van der Waals surface area contributed by atoms with Gasteiger partial charge < -0.3 is 15.5 Å². The summed E-state index contributed by atoms with van der Waals surface area (Å²) < 4.78 is 0. The van der Waals surface area contributed by atoms with E-state index in [1.54, 1.807) is 6.07 Å². The summed E-state index contributed by atoms with van der Waals surface area (Å²) in [4.78, 5) is 25.1. The Bertz CT molecular complexity index is 513. The van der Waals surface area contributed by atoms with Crippen LogP contribution in [0.15, 0.2) is 18.2 Å². The fraction of sp³-hybridized carbons (Fsp3) is 0.429. The molecule has 1 aromatic carbocycles. The van der Waals surface area contributed by atoms with Crippen LogP contribution < -0.4 is 10.6 Å². The molecule has 0 bridgehead atoms. The highest BCUT2D eigenvalue weighted by atomic mass is 32.2. The van der Waals surface area contributed by atoms with E-state index in [0.717, 1.165) is 35.8 Å². The molecule has 1 fully saturated rings. The van der Waals surface area contributed by atoms with Crippen LogP contribution in [0.25, 0.3) is 0 Å². The zero-order valence-corrected chi connectivity index (χ0v) is 12.5. The number of benzene rings is 1. The first-order chi connectivity index (χ1) is 9.56. The molecule has 1 aliphatic heterocycles. The Morgan fingerprint density at radius 1 is 1.20 bits per heavy atom. The average molecular weight is 293 g/mol. The minimum absolute atomic E-state index is 0.0756. The van der Waals surface area contributed by atoms with Crippen LogP contribution in [0.3, 0.4) is 0 Å². The quantitative estimate of drug-likeness (QED) is 0.881. The molecule has 0 radical (unpaired) electrons. The van der Waals surface area contributed by atoms with Crippen molar-refractivity contribution in [2.24, 2.45) is 0 Å². The molecule has 0 aromatic heterocycles. The predicted octanol–water partition coefficient (Wildman–Crippen LogP) is 2.53. The van der Waals surface area contributed by atoms with Gasteiger partial charge in [0.2, 0.25) is 5.91 Å². The Kier molecular flexibility index (Phi) is 4.89. The van der Waals surface area contributed by atoms with Crippen LogP contribution in [-0.4, -0.2) is 41.4 Å². The maximum atomic E-state index is 12.2. The zero-order chi connectivity index (χ0) is 14.5. The van der Waals surface area contributed by atoms with Crippen LogP contribution in [0.2, 0.25) is 0 Å². The Balaban J connectivity index is 2.07. The average Bonchev–Trinajstić information content (AvgIpc) is 2.43. The third-order valence-electron chi connectivity index (χ3n) is 3.10. The lowest BCUT2D eigenvalue weighted by Gasteiger charge is -2.27. The van der Waals surface area contributed by atoms with Gasteiger partial charge in [-0.2, -0.15) is 11.8 Å². The molecule has 2 N–H and O–H groups in total. The van der Waals surface area contributed by atoms with Crippen molar-refractivity contribution in [2.45, 2.75) is 13.8 Å². The number of carbonyl (C=O) groups is 2. The molecule has 0 atom stereocenters. The number of nitrogens with one attached hydrogen (secondary N) is 2. The molecular formula is C14H19N3O2S. The monoisotopic (exact) mass is 293 g/mol. The number of hydrogen-bond donors (Lipinski definition) is 2. The molecule has 1 aliphatic rings. The van der Waals surface area contributed by atoms with Gasteiger partial charge in [-0.25, -0.2) is 4.79 Å². The first-order valence-electron chi connectivity index (χ1n) is 6.58. The van der Waals surface area contributed by atoms with E-state index in [4.69, 9.17) is 0 Å². The molecule has 6 heteroatoms. The number of anilines is 2. The second kappa shape index (κ2) is 6.65. The summed E-state index contributed by atoms with van der Waals surface area (Å²) in [7, 11) is 0. The van der Waals surface area contributed by atoms with Crippen LogP contribution in [0, 0.1) is 6.92 Å². The van der Waals surface area contributed by atoms with Gasteiger partial charge in [0.05, 0.1) is 0 Å². The molecule has 0 aliphatic carbocycles. The van der Waals surface area contributed by atoms with Gasteiger partial charge in [-0.15, -0.1) is 0 Å². The van der Waals surface area contributed by atoms with Gasteiger partial charge in [0, 0.05) is 42.9 Å². The highest BCUT2D eigenvalue weighted by molar-refractivity contribution is 7.99. The molecule has 0 spiro atoms. The lowest BCUT2D eigenvalue weighted by atomic mass is 10.2. The Labute approximate surface area is 123 Å². The first kappa shape index (κ1) is 14.7. The maximum absolute atomic E-state index is 12.2. The summed E-state index contributed by atoms with van der Waals surface area (Å²) >= 11 is 1.87. The first-order valence-corrected chi connectivity index (χ1v) is 7.73. The number of amides is 3. The molecule has 1 heterocycles. The van der Waals surface area contributed by atoms with Gasteiger partial charge in [-0.1, -0.05) is 6.07 Å². The summed E-state index contributed by atoms with van der Waals surface area (Å²) in [5.41, 5.74) is 2.39. The van der Waals surface area contributed by atoms with Crippen molar-refractivity contribution in [2.75, 3.05) is 35.2 Å². The van der Waals surface area contributed by atoms with Gasteiger partial charge in [0.15, 0.2) is 0 Å². The second-order valence-corrected chi connectivity index (χ2v) is 5.97.